The van der Waals surface area contributed by atoms with E-state index in [4.69, 9.17) is 0 Å². The molecule has 0 unspecified atom stereocenters. The van der Waals surface area contributed by atoms with Gasteiger partial charge >= 0.3 is 6.18 Å². The normalized spacial score (nSPS) is 11.4. The number of halogens is 3. The number of nitrogens with zero attached hydrogens (tertiary/aromatic N) is 3. The third-order valence-electron chi connectivity index (χ3n) is 2.23. The topological polar surface area (TPSA) is 59.8 Å². The maximum Gasteiger partial charge on any atom is 0.433 e. The van der Waals surface area contributed by atoms with Gasteiger partial charge in [-0.1, -0.05) is 6.07 Å². The number of rotatable bonds is 2. The molecule has 0 spiro atoms. The highest BCUT2D eigenvalue weighted by atomic mass is 19.4. The smallest absolute Gasteiger partial charge is 0.318 e. The number of nitrogens with one attached hydrogen (secondary N) is 1. The first-order valence-electron chi connectivity index (χ1n) is 5.20. The van der Waals surface area contributed by atoms with Gasteiger partial charge in [-0.3, -0.25) is 9.48 Å². The van der Waals surface area contributed by atoms with Crippen molar-refractivity contribution >= 4 is 11.6 Å². The Morgan fingerprint density at radius 3 is 2.68 bits per heavy atom. The molecule has 2 heterocycles. The lowest BCUT2D eigenvalue weighted by molar-refractivity contribution is -0.141. The van der Waals surface area contributed by atoms with Crippen LogP contribution in [0.15, 0.2) is 30.6 Å². The number of aromatic nitrogens is 3. The second-order valence-electron chi connectivity index (χ2n) is 3.76. The minimum Gasteiger partial charge on any atom is -0.318 e. The molecule has 19 heavy (non-hydrogen) atoms. The molecule has 1 amide bonds. The Hall–Kier alpha value is -2.38. The van der Waals surface area contributed by atoms with E-state index in [-0.39, 0.29) is 5.69 Å². The van der Waals surface area contributed by atoms with Crippen molar-refractivity contribution in [2.24, 2.45) is 7.05 Å². The molecule has 100 valence electrons. The first-order valence-corrected chi connectivity index (χ1v) is 5.20. The molecule has 0 atom stereocenters. The van der Waals surface area contributed by atoms with E-state index in [1.807, 2.05) is 0 Å². The maximum atomic E-state index is 12.5. The number of aryl methyl sites for hydroxylation is 1. The molecule has 0 aliphatic heterocycles. The van der Waals surface area contributed by atoms with E-state index < -0.39 is 17.8 Å². The zero-order valence-corrected chi connectivity index (χ0v) is 9.77. The Balaban J connectivity index is 2.20. The summed E-state index contributed by atoms with van der Waals surface area (Å²) in [6.45, 7) is 0. The number of amides is 1. The van der Waals surface area contributed by atoms with Gasteiger partial charge in [-0.2, -0.15) is 18.3 Å². The molecule has 8 heteroatoms. The molecule has 5 nitrogen and oxygen atoms in total. The van der Waals surface area contributed by atoms with Crippen molar-refractivity contribution in [1.29, 1.82) is 0 Å². The Morgan fingerprint density at radius 1 is 1.37 bits per heavy atom. The lowest BCUT2D eigenvalue weighted by Gasteiger charge is -2.07. The van der Waals surface area contributed by atoms with Gasteiger partial charge in [-0.05, 0) is 12.1 Å². The van der Waals surface area contributed by atoms with E-state index in [2.05, 4.69) is 15.4 Å². The van der Waals surface area contributed by atoms with Gasteiger partial charge in [0.25, 0.3) is 5.91 Å². The molecule has 2 rings (SSSR count). The highest BCUT2D eigenvalue weighted by molar-refractivity contribution is 6.02. The Kier molecular flexibility index (Phi) is 3.24. The van der Waals surface area contributed by atoms with Gasteiger partial charge in [0.2, 0.25) is 0 Å². The van der Waals surface area contributed by atoms with Gasteiger partial charge in [0.05, 0.1) is 11.9 Å². The summed E-state index contributed by atoms with van der Waals surface area (Å²) in [5.74, 6) is -0.723. The summed E-state index contributed by atoms with van der Waals surface area (Å²) in [4.78, 5) is 15.0. The fraction of sp³-hybridized carbons (Fsp3) is 0.182. The third kappa shape index (κ3) is 3.09. The minimum atomic E-state index is -4.58. The van der Waals surface area contributed by atoms with Crippen LogP contribution in [0.1, 0.15) is 16.2 Å². The van der Waals surface area contributed by atoms with Crippen molar-refractivity contribution in [2.75, 3.05) is 5.32 Å². The van der Waals surface area contributed by atoms with Gasteiger partial charge in [0.15, 0.2) is 0 Å². The molecule has 0 aromatic carbocycles. The van der Waals surface area contributed by atoms with Crippen LogP contribution in [-0.4, -0.2) is 20.7 Å². The molecule has 0 aliphatic carbocycles. The lowest BCUT2D eigenvalue weighted by atomic mass is 10.3. The van der Waals surface area contributed by atoms with Crippen molar-refractivity contribution in [2.45, 2.75) is 6.18 Å². The van der Waals surface area contributed by atoms with Gasteiger partial charge in [-0.15, -0.1) is 0 Å². The third-order valence-corrected chi connectivity index (χ3v) is 2.23. The molecule has 0 aliphatic rings. The molecule has 0 saturated heterocycles. The summed E-state index contributed by atoms with van der Waals surface area (Å²) < 4.78 is 38.8. The van der Waals surface area contributed by atoms with Crippen LogP contribution in [0, 0.1) is 0 Å². The number of alkyl halides is 3. The van der Waals surface area contributed by atoms with Crippen LogP contribution >= 0.6 is 0 Å². The van der Waals surface area contributed by atoms with Gasteiger partial charge < -0.3 is 5.32 Å². The fourth-order valence-corrected chi connectivity index (χ4v) is 1.40. The van der Waals surface area contributed by atoms with Crippen LogP contribution in [0.25, 0.3) is 0 Å². The lowest BCUT2D eigenvalue weighted by Crippen LogP contribution is -2.16. The van der Waals surface area contributed by atoms with Crippen LogP contribution in [0.3, 0.4) is 0 Å². The SMILES string of the molecule is Cn1cc(NC(=O)c2cccc(C(F)(F)F)n2)cn1. The van der Waals surface area contributed by atoms with Crippen molar-refractivity contribution in [1.82, 2.24) is 14.8 Å². The predicted octanol–water partition coefficient (Wildman–Crippen LogP) is 2.09. The van der Waals surface area contributed by atoms with Crippen LogP contribution in [0.5, 0.6) is 0 Å². The molecule has 1 N–H and O–H groups in total. The number of pyridine rings is 1. The summed E-state index contributed by atoms with van der Waals surface area (Å²) in [5.41, 5.74) is -1.03. The second kappa shape index (κ2) is 4.71. The number of anilines is 1. The van der Waals surface area contributed by atoms with Crippen molar-refractivity contribution in [3.63, 3.8) is 0 Å². The summed E-state index contributed by atoms with van der Waals surface area (Å²) in [5, 5.41) is 6.23. The minimum absolute atomic E-state index is 0.307. The van der Waals surface area contributed by atoms with Crippen molar-refractivity contribution in [3.8, 4) is 0 Å². The van der Waals surface area contributed by atoms with Crippen LogP contribution in [0.2, 0.25) is 0 Å². The van der Waals surface area contributed by atoms with E-state index in [1.165, 1.54) is 23.1 Å². The Bertz CT molecular complexity index is 606. The van der Waals surface area contributed by atoms with Gasteiger partial charge in [0, 0.05) is 13.2 Å². The number of hydrogen-bond donors (Lipinski definition) is 1. The average molecular weight is 270 g/mol. The highest BCUT2D eigenvalue weighted by Gasteiger charge is 2.32. The fourth-order valence-electron chi connectivity index (χ4n) is 1.40. The van der Waals surface area contributed by atoms with Gasteiger partial charge in [-0.25, -0.2) is 4.98 Å². The quantitative estimate of drug-likeness (QED) is 0.909. The van der Waals surface area contributed by atoms with E-state index in [0.29, 0.717) is 5.69 Å². The molecular weight excluding hydrogens is 261 g/mol. The second-order valence-corrected chi connectivity index (χ2v) is 3.76. The number of hydrogen-bond acceptors (Lipinski definition) is 3. The first kappa shape index (κ1) is 13.1. The zero-order chi connectivity index (χ0) is 14.0. The van der Waals surface area contributed by atoms with Crippen molar-refractivity contribution < 1.29 is 18.0 Å². The van der Waals surface area contributed by atoms with Crippen LogP contribution < -0.4 is 5.32 Å². The average Bonchev–Trinajstić information content (AvgIpc) is 2.74. The maximum absolute atomic E-state index is 12.5. The predicted molar refractivity (Wildman–Crippen MR) is 60.4 cm³/mol. The highest BCUT2D eigenvalue weighted by Crippen LogP contribution is 2.27. The Morgan fingerprint density at radius 2 is 2.11 bits per heavy atom. The number of carbonyl (C=O) groups is 1. The van der Waals surface area contributed by atoms with E-state index >= 15 is 0 Å². The largest absolute Gasteiger partial charge is 0.433 e. The van der Waals surface area contributed by atoms with E-state index in [0.717, 1.165) is 12.1 Å². The molecular formula is C11H9F3N4O. The Labute approximate surface area is 106 Å². The van der Waals surface area contributed by atoms with Crippen molar-refractivity contribution in [3.05, 3.63) is 42.0 Å². The standard InChI is InChI=1S/C11H9F3N4O/c1-18-6-7(5-15-18)16-10(19)8-3-2-4-9(17-8)11(12,13)14/h2-6H,1H3,(H,16,19). The molecule has 0 saturated carbocycles. The van der Waals surface area contributed by atoms with Crippen LogP contribution in [0.4, 0.5) is 18.9 Å². The summed E-state index contributed by atoms with van der Waals surface area (Å²) in [7, 11) is 1.65. The molecule has 2 aromatic heterocycles. The van der Waals surface area contributed by atoms with E-state index in [9.17, 15) is 18.0 Å². The number of carbonyl (C=O) groups excluding carboxylic acids is 1. The molecule has 0 radical (unpaired) electrons. The monoisotopic (exact) mass is 270 g/mol. The van der Waals surface area contributed by atoms with Crippen LogP contribution in [-0.2, 0) is 13.2 Å². The molecule has 2 aromatic rings. The first-order chi connectivity index (χ1) is 8.86. The molecule has 0 fully saturated rings. The summed E-state index contributed by atoms with van der Waals surface area (Å²) in [6, 6.07) is 3.15. The molecule has 0 bridgehead atoms. The van der Waals surface area contributed by atoms with Gasteiger partial charge in [0.1, 0.15) is 11.4 Å². The van der Waals surface area contributed by atoms with E-state index in [1.54, 1.807) is 7.05 Å². The zero-order valence-electron chi connectivity index (χ0n) is 9.77. The summed E-state index contributed by atoms with van der Waals surface area (Å²) >= 11 is 0. The summed E-state index contributed by atoms with van der Waals surface area (Å²) in [6.07, 6.45) is -1.68.